The maximum Gasteiger partial charge on any atom is 0.411 e. The standard InChI is InChI=1S/C12H15F3N2O2/c1-8(7-12(13,14)15)16-9-3-5-10(6-4-9)17-11(18)19-2/h3-6,8,16H,7H2,1-2H3,(H,17,18)/t8-/m1/s1. The zero-order chi connectivity index (χ0) is 14.5. The Labute approximate surface area is 108 Å². The predicted octanol–water partition coefficient (Wildman–Crippen LogP) is 3.62. The van der Waals surface area contributed by atoms with Gasteiger partial charge in [0.05, 0.1) is 13.5 Å². The molecule has 19 heavy (non-hydrogen) atoms. The van der Waals surface area contributed by atoms with Gasteiger partial charge in [0.25, 0.3) is 0 Å². The van der Waals surface area contributed by atoms with Gasteiger partial charge >= 0.3 is 12.3 Å². The number of methoxy groups -OCH3 is 1. The second-order valence-electron chi connectivity index (χ2n) is 4.06. The van der Waals surface area contributed by atoms with Crippen molar-refractivity contribution in [2.45, 2.75) is 25.6 Å². The van der Waals surface area contributed by atoms with Crippen LogP contribution >= 0.6 is 0 Å². The van der Waals surface area contributed by atoms with Crippen molar-refractivity contribution in [3.63, 3.8) is 0 Å². The quantitative estimate of drug-likeness (QED) is 0.883. The number of ether oxygens (including phenoxy) is 1. The molecule has 1 atom stereocenters. The van der Waals surface area contributed by atoms with E-state index in [1.54, 1.807) is 24.3 Å². The molecule has 0 aliphatic rings. The molecule has 106 valence electrons. The van der Waals surface area contributed by atoms with Crippen LogP contribution in [0.15, 0.2) is 24.3 Å². The molecule has 0 saturated heterocycles. The topological polar surface area (TPSA) is 50.4 Å². The van der Waals surface area contributed by atoms with E-state index < -0.39 is 24.7 Å². The second-order valence-corrected chi connectivity index (χ2v) is 4.06. The summed E-state index contributed by atoms with van der Waals surface area (Å²) in [5, 5.41) is 5.17. The number of benzene rings is 1. The van der Waals surface area contributed by atoms with Crippen molar-refractivity contribution in [1.29, 1.82) is 0 Å². The number of hydrogen-bond donors (Lipinski definition) is 2. The molecule has 0 spiro atoms. The van der Waals surface area contributed by atoms with Gasteiger partial charge in [-0.2, -0.15) is 13.2 Å². The van der Waals surface area contributed by atoms with Gasteiger partial charge in [-0.15, -0.1) is 0 Å². The van der Waals surface area contributed by atoms with Gasteiger partial charge in [0, 0.05) is 17.4 Å². The Kier molecular flexibility index (Phi) is 5.02. The first-order valence-electron chi connectivity index (χ1n) is 5.58. The molecule has 0 aliphatic carbocycles. The monoisotopic (exact) mass is 276 g/mol. The molecule has 4 nitrogen and oxygen atoms in total. The maximum atomic E-state index is 12.2. The second kappa shape index (κ2) is 6.31. The average molecular weight is 276 g/mol. The van der Waals surface area contributed by atoms with Gasteiger partial charge in [-0.05, 0) is 31.2 Å². The van der Waals surface area contributed by atoms with E-state index in [4.69, 9.17) is 0 Å². The van der Waals surface area contributed by atoms with E-state index in [2.05, 4.69) is 15.4 Å². The van der Waals surface area contributed by atoms with E-state index in [1.165, 1.54) is 14.0 Å². The molecule has 1 rings (SSSR count). The van der Waals surface area contributed by atoms with Crippen molar-refractivity contribution < 1.29 is 22.7 Å². The third-order valence-corrected chi connectivity index (χ3v) is 2.27. The molecule has 0 aliphatic heterocycles. The number of rotatable bonds is 4. The SMILES string of the molecule is COC(=O)Nc1ccc(N[C@H](C)CC(F)(F)F)cc1. The summed E-state index contributed by atoms with van der Waals surface area (Å²) < 4.78 is 40.9. The van der Waals surface area contributed by atoms with Crippen molar-refractivity contribution in [1.82, 2.24) is 0 Å². The summed E-state index contributed by atoms with van der Waals surface area (Å²) in [6, 6.07) is 5.58. The highest BCUT2D eigenvalue weighted by Gasteiger charge is 2.29. The Hall–Kier alpha value is -1.92. The van der Waals surface area contributed by atoms with Crippen LogP contribution in [0.2, 0.25) is 0 Å². The first-order chi connectivity index (χ1) is 8.80. The summed E-state index contributed by atoms with van der Waals surface area (Å²) in [6.45, 7) is 1.45. The minimum atomic E-state index is -4.20. The lowest BCUT2D eigenvalue weighted by Gasteiger charge is -2.17. The van der Waals surface area contributed by atoms with Crippen molar-refractivity contribution in [3.8, 4) is 0 Å². The highest BCUT2D eigenvalue weighted by molar-refractivity contribution is 5.84. The van der Waals surface area contributed by atoms with E-state index in [1.807, 2.05) is 0 Å². The van der Waals surface area contributed by atoms with Crippen LogP contribution in [0, 0.1) is 0 Å². The number of amides is 1. The number of anilines is 2. The van der Waals surface area contributed by atoms with Crippen LogP contribution in [0.5, 0.6) is 0 Å². The molecule has 1 amide bonds. The number of nitrogens with one attached hydrogen (secondary N) is 2. The lowest BCUT2D eigenvalue weighted by Crippen LogP contribution is -2.23. The molecule has 0 heterocycles. The number of carbonyl (C=O) groups excluding carboxylic acids is 1. The van der Waals surface area contributed by atoms with E-state index in [0.717, 1.165) is 0 Å². The van der Waals surface area contributed by atoms with Crippen LogP contribution in [-0.2, 0) is 4.74 Å². The minimum Gasteiger partial charge on any atom is -0.453 e. The van der Waals surface area contributed by atoms with Crippen LogP contribution in [0.1, 0.15) is 13.3 Å². The fourth-order valence-corrected chi connectivity index (χ4v) is 1.50. The average Bonchev–Trinajstić information content (AvgIpc) is 2.29. The summed E-state index contributed by atoms with van der Waals surface area (Å²) >= 11 is 0. The maximum absolute atomic E-state index is 12.2. The molecule has 7 heteroatoms. The fourth-order valence-electron chi connectivity index (χ4n) is 1.50. The van der Waals surface area contributed by atoms with Gasteiger partial charge in [0.1, 0.15) is 0 Å². The van der Waals surface area contributed by atoms with Gasteiger partial charge in [0.15, 0.2) is 0 Å². The largest absolute Gasteiger partial charge is 0.453 e. The Balaban J connectivity index is 2.54. The Morgan fingerprint density at radius 1 is 1.26 bits per heavy atom. The van der Waals surface area contributed by atoms with Crippen molar-refractivity contribution >= 4 is 17.5 Å². The molecule has 1 aromatic rings. The molecule has 2 N–H and O–H groups in total. The number of hydrogen-bond acceptors (Lipinski definition) is 3. The van der Waals surface area contributed by atoms with Gasteiger partial charge in [-0.1, -0.05) is 0 Å². The summed E-state index contributed by atoms with van der Waals surface area (Å²) in [5.74, 6) is 0. The Morgan fingerprint density at radius 3 is 2.26 bits per heavy atom. The van der Waals surface area contributed by atoms with Crippen molar-refractivity contribution in [2.24, 2.45) is 0 Å². The highest BCUT2D eigenvalue weighted by Crippen LogP contribution is 2.23. The summed E-state index contributed by atoms with van der Waals surface area (Å²) in [5.41, 5.74) is 1.05. The zero-order valence-corrected chi connectivity index (χ0v) is 10.5. The Morgan fingerprint density at radius 2 is 1.79 bits per heavy atom. The predicted molar refractivity (Wildman–Crippen MR) is 66.2 cm³/mol. The zero-order valence-electron chi connectivity index (χ0n) is 10.5. The number of halogens is 3. The van der Waals surface area contributed by atoms with Crippen LogP contribution in [0.25, 0.3) is 0 Å². The van der Waals surface area contributed by atoms with Gasteiger partial charge in [-0.25, -0.2) is 4.79 Å². The van der Waals surface area contributed by atoms with Crippen molar-refractivity contribution in [2.75, 3.05) is 17.7 Å². The minimum absolute atomic E-state index is 0.501. The molecular weight excluding hydrogens is 261 g/mol. The normalized spacial score (nSPS) is 12.7. The molecule has 0 saturated carbocycles. The molecule has 0 unspecified atom stereocenters. The van der Waals surface area contributed by atoms with Crippen LogP contribution < -0.4 is 10.6 Å². The molecule has 1 aromatic carbocycles. The summed E-state index contributed by atoms with van der Waals surface area (Å²) in [4.78, 5) is 10.9. The van der Waals surface area contributed by atoms with E-state index in [0.29, 0.717) is 11.4 Å². The fraction of sp³-hybridized carbons (Fsp3) is 0.417. The smallest absolute Gasteiger partial charge is 0.411 e. The molecule has 0 radical (unpaired) electrons. The first-order valence-corrected chi connectivity index (χ1v) is 5.58. The van der Waals surface area contributed by atoms with Gasteiger partial charge < -0.3 is 10.1 Å². The number of alkyl halides is 3. The van der Waals surface area contributed by atoms with E-state index in [-0.39, 0.29) is 0 Å². The lowest BCUT2D eigenvalue weighted by molar-refractivity contribution is -0.136. The van der Waals surface area contributed by atoms with Gasteiger partial charge in [-0.3, -0.25) is 5.32 Å². The third-order valence-electron chi connectivity index (χ3n) is 2.27. The first kappa shape index (κ1) is 15.1. The molecular formula is C12H15F3N2O2. The number of carbonyl (C=O) groups is 1. The molecule has 0 fully saturated rings. The van der Waals surface area contributed by atoms with Crippen LogP contribution in [0.3, 0.4) is 0 Å². The van der Waals surface area contributed by atoms with E-state index in [9.17, 15) is 18.0 Å². The lowest BCUT2D eigenvalue weighted by atomic mass is 10.2. The van der Waals surface area contributed by atoms with Crippen LogP contribution in [-0.4, -0.2) is 25.4 Å². The molecule has 0 aromatic heterocycles. The van der Waals surface area contributed by atoms with E-state index >= 15 is 0 Å². The summed E-state index contributed by atoms with van der Waals surface area (Å²) in [6.07, 6.45) is -5.71. The van der Waals surface area contributed by atoms with Crippen molar-refractivity contribution in [3.05, 3.63) is 24.3 Å². The van der Waals surface area contributed by atoms with Gasteiger partial charge in [0.2, 0.25) is 0 Å². The van der Waals surface area contributed by atoms with Crippen LogP contribution in [0.4, 0.5) is 29.3 Å². The summed E-state index contributed by atoms with van der Waals surface area (Å²) in [7, 11) is 1.24. The third kappa shape index (κ3) is 5.98. The molecule has 0 bridgehead atoms. The Bertz CT molecular complexity index is 418. The highest BCUT2D eigenvalue weighted by atomic mass is 19.4.